The van der Waals surface area contributed by atoms with Gasteiger partial charge in [0, 0.05) is 5.69 Å². The molecule has 2 rings (SSSR count). The number of rotatable bonds is 5. The van der Waals surface area contributed by atoms with Crippen molar-refractivity contribution in [2.75, 3.05) is 5.09 Å². The monoisotopic (exact) mass is 311 g/mol. The van der Waals surface area contributed by atoms with Crippen LogP contribution in [-0.2, 0) is 9.09 Å². The van der Waals surface area contributed by atoms with E-state index in [0.29, 0.717) is 23.4 Å². The lowest BCUT2D eigenvalue weighted by atomic mass is 9.75. The molecule has 1 aromatic carbocycles. The van der Waals surface area contributed by atoms with Crippen molar-refractivity contribution in [3.63, 3.8) is 0 Å². The third-order valence-corrected chi connectivity index (χ3v) is 5.38. The molecule has 4 atom stereocenters. The molecule has 1 aliphatic carbocycles. The van der Waals surface area contributed by atoms with Crippen LogP contribution in [-0.4, -0.2) is 11.0 Å². The zero-order valence-corrected chi connectivity index (χ0v) is 13.9. The summed E-state index contributed by atoms with van der Waals surface area (Å²) in [6.45, 7) is 6.49. The second-order valence-corrected chi connectivity index (χ2v) is 7.94. The highest BCUT2D eigenvalue weighted by molar-refractivity contribution is 7.54. The highest BCUT2D eigenvalue weighted by Crippen LogP contribution is 2.48. The highest BCUT2D eigenvalue weighted by Gasteiger charge is 2.36. The maximum Gasteiger partial charge on any atom is 0.430 e. The van der Waals surface area contributed by atoms with Crippen LogP contribution < -0.4 is 5.09 Å². The molecule has 0 aliphatic heterocycles. The van der Waals surface area contributed by atoms with E-state index >= 15 is 0 Å². The van der Waals surface area contributed by atoms with E-state index in [2.05, 4.69) is 25.9 Å². The van der Waals surface area contributed by atoms with E-state index in [9.17, 15) is 9.46 Å². The summed E-state index contributed by atoms with van der Waals surface area (Å²) in [6.07, 6.45) is 2.93. The van der Waals surface area contributed by atoms with E-state index in [1.165, 1.54) is 6.42 Å². The largest absolute Gasteiger partial charge is 0.430 e. The molecular weight excluding hydrogens is 285 g/mol. The molecule has 4 nitrogen and oxygen atoms in total. The third-order valence-electron chi connectivity index (χ3n) is 4.28. The van der Waals surface area contributed by atoms with Gasteiger partial charge >= 0.3 is 7.75 Å². The zero-order valence-electron chi connectivity index (χ0n) is 13.0. The lowest BCUT2D eigenvalue weighted by molar-refractivity contribution is 0.0389. The molecule has 1 fully saturated rings. The Kier molecular flexibility index (Phi) is 5.48. The van der Waals surface area contributed by atoms with Gasteiger partial charge in [0.25, 0.3) is 0 Å². The lowest BCUT2D eigenvalue weighted by Crippen LogP contribution is -2.34. The van der Waals surface area contributed by atoms with Gasteiger partial charge < -0.3 is 4.89 Å². The predicted octanol–water partition coefficient (Wildman–Crippen LogP) is 4.68. The van der Waals surface area contributed by atoms with Gasteiger partial charge in [-0.2, -0.15) is 0 Å². The van der Waals surface area contributed by atoms with E-state index in [1.54, 1.807) is 12.1 Å². The molecule has 1 saturated carbocycles. The quantitative estimate of drug-likeness (QED) is 0.775. The fourth-order valence-corrected chi connectivity index (χ4v) is 4.26. The van der Waals surface area contributed by atoms with Crippen molar-refractivity contribution < 1.29 is 14.0 Å². The first-order valence-corrected chi connectivity index (χ1v) is 9.29. The van der Waals surface area contributed by atoms with Gasteiger partial charge in [0.15, 0.2) is 0 Å². The van der Waals surface area contributed by atoms with Gasteiger partial charge in [0.1, 0.15) is 0 Å². The standard InChI is InChI=1S/C16H26NO3P/c1-12(2)15-10-9-13(3)11-16(15)20-21(18,19)17-14-7-5-4-6-8-14/h4-8,12-13,15-16H,9-11H2,1-3H3,(H2,17,18,19). The van der Waals surface area contributed by atoms with Gasteiger partial charge in [-0.3, -0.25) is 9.61 Å². The minimum atomic E-state index is -3.84. The second kappa shape index (κ2) is 6.95. The van der Waals surface area contributed by atoms with Crippen molar-refractivity contribution in [3.8, 4) is 0 Å². The fraction of sp³-hybridized carbons (Fsp3) is 0.625. The number of benzene rings is 1. The van der Waals surface area contributed by atoms with Crippen LogP contribution in [0.3, 0.4) is 0 Å². The molecule has 0 amide bonds. The van der Waals surface area contributed by atoms with E-state index < -0.39 is 7.75 Å². The molecular formula is C16H26NO3P. The highest BCUT2D eigenvalue weighted by atomic mass is 31.2. The molecule has 0 aromatic heterocycles. The number of nitrogens with one attached hydrogen (secondary N) is 1. The molecule has 2 N–H and O–H groups in total. The number of anilines is 1. The zero-order chi connectivity index (χ0) is 15.5. The Balaban J connectivity index is 2.04. The first kappa shape index (κ1) is 16.5. The molecule has 21 heavy (non-hydrogen) atoms. The topological polar surface area (TPSA) is 58.6 Å². The van der Waals surface area contributed by atoms with Crippen molar-refractivity contribution in [2.24, 2.45) is 17.8 Å². The number of hydrogen-bond donors (Lipinski definition) is 2. The van der Waals surface area contributed by atoms with Gasteiger partial charge in [0.2, 0.25) is 0 Å². The maximum atomic E-state index is 12.3. The molecule has 0 spiro atoms. The van der Waals surface area contributed by atoms with E-state index in [-0.39, 0.29) is 6.10 Å². The van der Waals surface area contributed by atoms with Crippen LogP contribution >= 0.6 is 7.75 Å². The summed E-state index contributed by atoms with van der Waals surface area (Å²) in [7, 11) is -3.84. The molecule has 1 aromatic rings. The first-order valence-electron chi connectivity index (χ1n) is 7.72. The van der Waals surface area contributed by atoms with Gasteiger partial charge in [-0.1, -0.05) is 45.4 Å². The Morgan fingerprint density at radius 2 is 1.95 bits per heavy atom. The molecule has 1 aliphatic rings. The minimum Gasteiger partial charge on any atom is -0.308 e. The number of hydrogen-bond acceptors (Lipinski definition) is 2. The van der Waals surface area contributed by atoms with E-state index in [1.807, 2.05) is 18.2 Å². The summed E-state index contributed by atoms with van der Waals surface area (Å²) in [6, 6.07) is 9.03. The summed E-state index contributed by atoms with van der Waals surface area (Å²) in [4.78, 5) is 10.1. The molecule has 0 radical (unpaired) electrons. The van der Waals surface area contributed by atoms with E-state index in [0.717, 1.165) is 12.8 Å². The minimum absolute atomic E-state index is 0.152. The first-order chi connectivity index (χ1) is 9.87. The Bertz CT molecular complexity index is 492. The van der Waals surface area contributed by atoms with Crippen molar-refractivity contribution >= 4 is 13.4 Å². The SMILES string of the molecule is CC1CCC(C(C)C)C(OP(=O)(O)Nc2ccccc2)C1. The summed E-state index contributed by atoms with van der Waals surface area (Å²) in [5.74, 6) is 1.35. The average molecular weight is 311 g/mol. The molecule has 118 valence electrons. The van der Waals surface area contributed by atoms with Crippen molar-refractivity contribution in [2.45, 2.75) is 46.1 Å². The van der Waals surface area contributed by atoms with Crippen LogP contribution in [0.15, 0.2) is 30.3 Å². The molecule has 0 saturated heterocycles. The van der Waals surface area contributed by atoms with Gasteiger partial charge in [-0.25, -0.2) is 4.57 Å². The van der Waals surface area contributed by atoms with Crippen molar-refractivity contribution in [3.05, 3.63) is 30.3 Å². The Labute approximate surface area is 127 Å². The van der Waals surface area contributed by atoms with Gasteiger partial charge in [0.05, 0.1) is 6.10 Å². The fourth-order valence-electron chi connectivity index (χ4n) is 3.12. The Morgan fingerprint density at radius 1 is 1.29 bits per heavy atom. The predicted molar refractivity (Wildman–Crippen MR) is 86.1 cm³/mol. The molecule has 4 unspecified atom stereocenters. The van der Waals surface area contributed by atoms with Gasteiger partial charge in [-0.15, -0.1) is 0 Å². The lowest BCUT2D eigenvalue weighted by Gasteiger charge is -2.37. The Morgan fingerprint density at radius 3 is 2.57 bits per heavy atom. The van der Waals surface area contributed by atoms with Crippen LogP contribution in [0, 0.1) is 17.8 Å². The third kappa shape index (κ3) is 4.84. The number of para-hydroxylation sites is 1. The molecule has 0 heterocycles. The Hall–Kier alpha value is -0.830. The van der Waals surface area contributed by atoms with Crippen LogP contribution in [0.2, 0.25) is 0 Å². The van der Waals surface area contributed by atoms with Crippen LogP contribution in [0.5, 0.6) is 0 Å². The molecule has 0 bridgehead atoms. The van der Waals surface area contributed by atoms with Gasteiger partial charge in [-0.05, 0) is 42.7 Å². The van der Waals surface area contributed by atoms with Crippen LogP contribution in [0.4, 0.5) is 5.69 Å². The summed E-state index contributed by atoms with van der Waals surface area (Å²) < 4.78 is 18.0. The van der Waals surface area contributed by atoms with Crippen LogP contribution in [0.1, 0.15) is 40.0 Å². The van der Waals surface area contributed by atoms with E-state index in [4.69, 9.17) is 4.52 Å². The smallest absolute Gasteiger partial charge is 0.308 e. The second-order valence-electron chi connectivity index (χ2n) is 6.47. The van der Waals surface area contributed by atoms with Crippen molar-refractivity contribution in [1.82, 2.24) is 0 Å². The summed E-state index contributed by atoms with van der Waals surface area (Å²) >= 11 is 0. The summed E-state index contributed by atoms with van der Waals surface area (Å²) in [5.41, 5.74) is 0.605. The normalized spacial score (nSPS) is 29.1. The summed E-state index contributed by atoms with van der Waals surface area (Å²) in [5, 5.41) is 2.63. The average Bonchev–Trinajstić information content (AvgIpc) is 2.38. The maximum absolute atomic E-state index is 12.3. The van der Waals surface area contributed by atoms with Crippen LogP contribution in [0.25, 0.3) is 0 Å². The van der Waals surface area contributed by atoms with Crippen molar-refractivity contribution in [1.29, 1.82) is 0 Å². The molecule has 5 heteroatoms.